The molecule has 2 aliphatic heterocycles. The van der Waals surface area contributed by atoms with Crippen molar-refractivity contribution in [2.24, 2.45) is 5.92 Å². The summed E-state index contributed by atoms with van der Waals surface area (Å²) >= 11 is 0. The maximum atomic E-state index is 13.1. The number of piperidine rings is 1. The Morgan fingerprint density at radius 2 is 2.08 bits per heavy atom. The van der Waals surface area contributed by atoms with Crippen LogP contribution < -0.4 is 5.32 Å². The number of ether oxygens (including phenoxy) is 1. The first-order valence-corrected chi connectivity index (χ1v) is 9.18. The predicted octanol–water partition coefficient (Wildman–Crippen LogP) is 2.98. The zero-order valence-corrected chi connectivity index (χ0v) is 15.3. The lowest BCUT2D eigenvalue weighted by Gasteiger charge is -2.41. The summed E-state index contributed by atoms with van der Waals surface area (Å²) in [5.41, 5.74) is 3.70. The molecule has 2 heterocycles. The Hall–Kier alpha value is -1.39. The predicted molar refractivity (Wildman–Crippen MR) is 96.0 cm³/mol. The van der Waals surface area contributed by atoms with Crippen molar-refractivity contribution in [3.05, 3.63) is 34.9 Å². The van der Waals surface area contributed by atoms with Crippen LogP contribution in [0.15, 0.2) is 18.2 Å². The van der Waals surface area contributed by atoms with Gasteiger partial charge in [0.05, 0.1) is 19.2 Å². The number of aryl methyl sites for hydroxylation is 2. The molecule has 1 amide bonds. The Morgan fingerprint density at radius 1 is 1.29 bits per heavy atom. The molecule has 4 heteroatoms. The van der Waals surface area contributed by atoms with E-state index in [0.29, 0.717) is 25.1 Å². The molecular formula is C20H30N2O2. The first kappa shape index (κ1) is 17.4. The van der Waals surface area contributed by atoms with E-state index in [1.807, 2.05) is 0 Å². The second-order valence-electron chi connectivity index (χ2n) is 7.60. The van der Waals surface area contributed by atoms with Crippen molar-refractivity contribution in [3.63, 3.8) is 0 Å². The van der Waals surface area contributed by atoms with Gasteiger partial charge in [-0.05, 0) is 58.2 Å². The molecule has 0 saturated carbocycles. The minimum Gasteiger partial charge on any atom is -0.370 e. The summed E-state index contributed by atoms with van der Waals surface area (Å²) in [6, 6.07) is 7.06. The maximum absolute atomic E-state index is 13.1. The van der Waals surface area contributed by atoms with Crippen LogP contribution in [0, 0.1) is 19.8 Å². The van der Waals surface area contributed by atoms with Gasteiger partial charge in [-0.2, -0.15) is 0 Å². The summed E-state index contributed by atoms with van der Waals surface area (Å²) in [6.07, 6.45) is 1.88. The van der Waals surface area contributed by atoms with Gasteiger partial charge >= 0.3 is 0 Å². The molecule has 0 bridgehead atoms. The number of carbonyl (C=O) groups excluding carboxylic acids is 1. The molecule has 2 unspecified atom stereocenters. The van der Waals surface area contributed by atoms with E-state index in [4.69, 9.17) is 4.74 Å². The van der Waals surface area contributed by atoms with Crippen LogP contribution in [0.25, 0.3) is 0 Å². The minimum absolute atomic E-state index is 0.0100. The smallest absolute Gasteiger partial charge is 0.226 e. The lowest BCUT2D eigenvalue weighted by molar-refractivity contribution is -0.150. The van der Waals surface area contributed by atoms with Crippen LogP contribution in [-0.2, 0) is 9.53 Å². The van der Waals surface area contributed by atoms with Crippen LogP contribution in [-0.4, -0.2) is 42.6 Å². The van der Waals surface area contributed by atoms with Crippen molar-refractivity contribution in [1.82, 2.24) is 10.2 Å². The average molecular weight is 330 g/mol. The fraction of sp³-hybridized carbons (Fsp3) is 0.650. The number of rotatable bonds is 2. The first-order valence-electron chi connectivity index (χ1n) is 9.18. The molecule has 24 heavy (non-hydrogen) atoms. The number of morpholine rings is 1. The highest BCUT2D eigenvalue weighted by molar-refractivity contribution is 5.79. The quantitative estimate of drug-likeness (QED) is 0.906. The van der Waals surface area contributed by atoms with Crippen molar-refractivity contribution in [2.45, 2.75) is 58.7 Å². The Morgan fingerprint density at radius 3 is 2.83 bits per heavy atom. The van der Waals surface area contributed by atoms with Gasteiger partial charge in [0.1, 0.15) is 6.10 Å². The molecule has 132 valence electrons. The fourth-order valence-corrected chi connectivity index (χ4v) is 3.95. The summed E-state index contributed by atoms with van der Waals surface area (Å²) < 4.78 is 6.09. The number of hydrogen-bond acceptors (Lipinski definition) is 3. The van der Waals surface area contributed by atoms with Gasteiger partial charge in [-0.3, -0.25) is 4.79 Å². The largest absolute Gasteiger partial charge is 0.370 e. The molecule has 1 N–H and O–H groups in total. The van der Waals surface area contributed by atoms with E-state index in [2.05, 4.69) is 56.1 Å². The highest BCUT2D eigenvalue weighted by Crippen LogP contribution is 2.30. The number of carbonyl (C=O) groups is 1. The van der Waals surface area contributed by atoms with Gasteiger partial charge in [0.15, 0.2) is 0 Å². The van der Waals surface area contributed by atoms with E-state index in [1.165, 1.54) is 16.7 Å². The normalized spacial score (nSPS) is 31.1. The maximum Gasteiger partial charge on any atom is 0.226 e. The van der Waals surface area contributed by atoms with Crippen LogP contribution in [0.3, 0.4) is 0 Å². The number of nitrogens with one attached hydrogen (secondary N) is 1. The molecular weight excluding hydrogens is 300 g/mol. The van der Waals surface area contributed by atoms with E-state index in [9.17, 15) is 4.79 Å². The van der Waals surface area contributed by atoms with Gasteiger partial charge in [0.2, 0.25) is 5.91 Å². The van der Waals surface area contributed by atoms with Crippen molar-refractivity contribution < 1.29 is 9.53 Å². The van der Waals surface area contributed by atoms with E-state index in [1.54, 1.807) is 0 Å². The Labute approximate surface area is 145 Å². The van der Waals surface area contributed by atoms with Crippen LogP contribution >= 0.6 is 0 Å². The zero-order chi connectivity index (χ0) is 17.3. The van der Waals surface area contributed by atoms with Gasteiger partial charge in [-0.15, -0.1) is 0 Å². The average Bonchev–Trinajstić information content (AvgIpc) is 2.57. The summed E-state index contributed by atoms with van der Waals surface area (Å²) in [4.78, 5) is 15.1. The second-order valence-corrected chi connectivity index (χ2v) is 7.60. The Balaban J connectivity index is 1.75. The van der Waals surface area contributed by atoms with Gasteiger partial charge in [0, 0.05) is 12.0 Å². The molecule has 4 atom stereocenters. The van der Waals surface area contributed by atoms with Crippen molar-refractivity contribution >= 4 is 5.91 Å². The van der Waals surface area contributed by atoms with Gasteiger partial charge in [-0.1, -0.05) is 23.8 Å². The second kappa shape index (κ2) is 7.24. The first-order chi connectivity index (χ1) is 11.5. The highest BCUT2D eigenvalue weighted by Gasteiger charge is 2.35. The van der Waals surface area contributed by atoms with E-state index < -0.39 is 0 Å². The summed E-state index contributed by atoms with van der Waals surface area (Å²) in [6.45, 7) is 10.7. The highest BCUT2D eigenvalue weighted by atomic mass is 16.5. The summed E-state index contributed by atoms with van der Waals surface area (Å²) in [5, 5.41) is 3.43. The van der Waals surface area contributed by atoms with Crippen molar-refractivity contribution in [3.8, 4) is 0 Å². The van der Waals surface area contributed by atoms with Crippen LogP contribution in [0.1, 0.15) is 49.5 Å². The number of amides is 1. The minimum atomic E-state index is -0.0100. The molecule has 2 fully saturated rings. The van der Waals surface area contributed by atoms with Gasteiger partial charge in [0.25, 0.3) is 0 Å². The SMILES string of the molecule is Cc1ccc(C)c(C2CN(C(=O)[C@H]3CCN[C@@H](C)C3)C(C)CO2)c1. The number of nitrogens with zero attached hydrogens (tertiary/aromatic N) is 1. The van der Waals surface area contributed by atoms with Crippen LogP contribution in [0.2, 0.25) is 0 Å². The zero-order valence-electron chi connectivity index (χ0n) is 15.3. The molecule has 1 aromatic carbocycles. The van der Waals surface area contributed by atoms with E-state index in [-0.39, 0.29) is 18.1 Å². The molecule has 4 nitrogen and oxygen atoms in total. The molecule has 2 aliphatic rings. The summed E-state index contributed by atoms with van der Waals surface area (Å²) in [5.74, 6) is 0.468. The van der Waals surface area contributed by atoms with Crippen molar-refractivity contribution in [2.75, 3.05) is 19.7 Å². The molecule has 0 spiro atoms. The monoisotopic (exact) mass is 330 g/mol. The van der Waals surface area contributed by atoms with Crippen LogP contribution in [0.4, 0.5) is 0 Å². The standard InChI is InChI=1S/C20H30N2O2/c1-13-5-6-14(2)18(9-13)19-11-22(16(4)12-24-19)20(23)17-7-8-21-15(3)10-17/h5-6,9,15-17,19,21H,7-8,10-12H2,1-4H3/t15-,16?,17-,19?/m0/s1. The summed E-state index contributed by atoms with van der Waals surface area (Å²) in [7, 11) is 0. The Bertz CT molecular complexity index is 601. The van der Waals surface area contributed by atoms with E-state index in [0.717, 1.165) is 19.4 Å². The Kier molecular flexibility index (Phi) is 5.26. The van der Waals surface area contributed by atoms with Crippen LogP contribution in [0.5, 0.6) is 0 Å². The molecule has 0 aromatic heterocycles. The molecule has 0 aliphatic carbocycles. The molecule has 2 saturated heterocycles. The molecule has 3 rings (SSSR count). The van der Waals surface area contributed by atoms with E-state index >= 15 is 0 Å². The van der Waals surface area contributed by atoms with Gasteiger partial charge in [-0.25, -0.2) is 0 Å². The number of hydrogen-bond donors (Lipinski definition) is 1. The molecule has 1 aromatic rings. The third-order valence-electron chi connectivity index (χ3n) is 5.47. The lowest BCUT2D eigenvalue weighted by atomic mass is 9.90. The fourth-order valence-electron chi connectivity index (χ4n) is 3.95. The van der Waals surface area contributed by atoms with Gasteiger partial charge < -0.3 is 15.0 Å². The topological polar surface area (TPSA) is 41.6 Å². The molecule has 0 radical (unpaired) electrons. The third-order valence-corrected chi connectivity index (χ3v) is 5.47. The number of benzene rings is 1. The van der Waals surface area contributed by atoms with Crippen molar-refractivity contribution in [1.29, 1.82) is 0 Å². The lowest BCUT2D eigenvalue weighted by Crippen LogP contribution is -2.52. The third kappa shape index (κ3) is 3.65.